The first-order valence-electron chi connectivity index (χ1n) is 9.78. The molecule has 0 atom stereocenters. The summed E-state index contributed by atoms with van der Waals surface area (Å²) in [6.07, 6.45) is 7.37. The number of rotatable bonds is 4. The molecule has 0 aliphatic carbocycles. The average molecular weight is 426 g/mol. The van der Waals surface area contributed by atoms with Crippen molar-refractivity contribution >= 4 is 42.0 Å². The first-order chi connectivity index (χ1) is 15.4. The lowest BCUT2D eigenvalue weighted by Gasteiger charge is -2.16. The van der Waals surface area contributed by atoms with Crippen molar-refractivity contribution in [3.8, 4) is 5.75 Å². The second-order valence-corrected chi connectivity index (χ2v) is 7.05. The zero-order valence-corrected chi connectivity index (χ0v) is 17.1. The largest absolute Gasteiger partial charge is 0.422 e. The number of carbonyl (C=O) groups is 3. The van der Waals surface area contributed by atoms with Crippen molar-refractivity contribution in [2.75, 3.05) is 0 Å². The van der Waals surface area contributed by atoms with E-state index in [2.05, 4.69) is 4.98 Å². The third-order valence-electron chi connectivity index (χ3n) is 4.72. The minimum absolute atomic E-state index is 0.133. The van der Waals surface area contributed by atoms with Gasteiger partial charge in [0.25, 0.3) is 5.56 Å². The Kier molecular flexibility index (Phi) is 5.63. The maximum absolute atomic E-state index is 13.0. The number of hydrogen-bond acceptors (Lipinski definition) is 5. The summed E-state index contributed by atoms with van der Waals surface area (Å²) in [6.45, 7) is 1.33. The number of hydrogen-bond donors (Lipinski definition) is 1. The van der Waals surface area contributed by atoms with Gasteiger partial charge in [0.15, 0.2) is 5.78 Å². The number of H-pyrrole nitrogens is 1. The van der Waals surface area contributed by atoms with Crippen LogP contribution in [-0.4, -0.2) is 27.1 Å². The van der Waals surface area contributed by atoms with E-state index in [1.54, 1.807) is 24.3 Å². The van der Waals surface area contributed by atoms with Crippen molar-refractivity contribution in [2.45, 2.75) is 6.92 Å². The zero-order chi connectivity index (χ0) is 22.7. The highest BCUT2D eigenvalue weighted by atomic mass is 16.5. The van der Waals surface area contributed by atoms with Crippen LogP contribution in [0.4, 0.5) is 0 Å². The Bertz CT molecular complexity index is 1470. The fourth-order valence-electron chi connectivity index (χ4n) is 3.23. The molecule has 2 aromatic carbocycles. The topological polar surface area (TPSA) is 98.2 Å². The molecule has 32 heavy (non-hydrogen) atoms. The van der Waals surface area contributed by atoms with Crippen molar-refractivity contribution in [3.63, 3.8) is 0 Å². The number of fused-ring (bicyclic) bond motifs is 1. The van der Waals surface area contributed by atoms with E-state index in [4.69, 9.17) is 4.74 Å². The average Bonchev–Trinajstić information content (AvgIpc) is 3.05. The van der Waals surface area contributed by atoms with Gasteiger partial charge < -0.3 is 9.72 Å². The molecule has 158 valence electrons. The number of ether oxygens (including phenoxy) is 1. The van der Waals surface area contributed by atoms with Crippen molar-refractivity contribution in [3.05, 3.63) is 98.6 Å². The first kappa shape index (κ1) is 20.7. The van der Waals surface area contributed by atoms with E-state index in [1.165, 1.54) is 25.1 Å². The maximum atomic E-state index is 13.0. The van der Waals surface area contributed by atoms with Gasteiger partial charge in [-0.1, -0.05) is 54.6 Å². The van der Waals surface area contributed by atoms with Crippen LogP contribution in [0.3, 0.4) is 0 Å². The first-order valence-corrected chi connectivity index (χ1v) is 9.78. The van der Waals surface area contributed by atoms with E-state index in [0.717, 1.165) is 16.3 Å². The minimum Gasteiger partial charge on any atom is -0.422 e. The number of Topliss-reactive ketones (excluding diaryl/α,β-unsaturated/α-hetero) is 2. The number of ketones is 2. The maximum Gasteiger partial charge on any atom is 0.349 e. The summed E-state index contributed by atoms with van der Waals surface area (Å²) in [5, 5.41) is 0.179. The number of aromatic amines is 1. The number of carbonyl (C=O) groups excluding carboxylic acids is 3. The van der Waals surface area contributed by atoms with Gasteiger partial charge in [0.2, 0.25) is 5.78 Å². The number of allylic oxidation sites excluding steroid dienone is 1. The molecule has 0 fully saturated rings. The Morgan fingerprint density at radius 2 is 1.72 bits per heavy atom. The molecule has 1 aromatic heterocycles. The molecule has 4 rings (SSSR count). The number of nitrogens with one attached hydrogen (secondary N) is 1. The molecule has 0 saturated carbocycles. The van der Waals surface area contributed by atoms with Crippen molar-refractivity contribution in [1.29, 1.82) is 0 Å². The fraction of sp³-hybridized carbons (Fsp3) is 0.0400. The summed E-state index contributed by atoms with van der Waals surface area (Å²) in [5.74, 6) is -1.58. The highest BCUT2D eigenvalue weighted by molar-refractivity contribution is 6.29. The van der Waals surface area contributed by atoms with Crippen molar-refractivity contribution in [2.24, 2.45) is 0 Å². The Morgan fingerprint density at radius 1 is 1.00 bits per heavy atom. The number of aromatic nitrogens is 2. The third kappa shape index (κ3) is 4.17. The summed E-state index contributed by atoms with van der Waals surface area (Å²) in [6, 6.07) is 15.9. The summed E-state index contributed by atoms with van der Waals surface area (Å²) in [7, 11) is 0. The number of benzene rings is 2. The van der Waals surface area contributed by atoms with Gasteiger partial charge in [-0.15, -0.1) is 0 Å². The summed E-state index contributed by atoms with van der Waals surface area (Å²) >= 11 is 0. The second-order valence-electron chi connectivity index (χ2n) is 7.05. The monoisotopic (exact) mass is 426 g/mol. The lowest BCUT2D eigenvalue weighted by molar-refractivity contribution is -0.130. The highest BCUT2D eigenvalue weighted by Crippen LogP contribution is 2.27. The Balaban J connectivity index is 1.82. The van der Waals surface area contributed by atoms with Gasteiger partial charge in [0, 0.05) is 12.3 Å². The van der Waals surface area contributed by atoms with Crippen LogP contribution >= 0.6 is 0 Å². The predicted octanol–water partition coefficient (Wildman–Crippen LogP) is 1.68. The lowest BCUT2D eigenvalue weighted by Crippen LogP contribution is -2.31. The molecule has 1 aliphatic heterocycles. The van der Waals surface area contributed by atoms with Crippen LogP contribution in [0.25, 0.3) is 24.4 Å². The molecule has 0 radical (unpaired) electrons. The molecule has 0 unspecified atom stereocenters. The molecule has 1 N–H and O–H groups in total. The highest BCUT2D eigenvalue weighted by Gasteiger charge is 2.30. The van der Waals surface area contributed by atoms with Gasteiger partial charge >= 0.3 is 5.97 Å². The molecule has 0 saturated heterocycles. The quantitative estimate of drug-likeness (QED) is 0.296. The van der Waals surface area contributed by atoms with Gasteiger partial charge in [0.05, 0.1) is 5.56 Å². The van der Waals surface area contributed by atoms with Gasteiger partial charge in [-0.05, 0) is 30.7 Å². The van der Waals surface area contributed by atoms with Gasteiger partial charge in [-0.3, -0.25) is 19.0 Å². The second kappa shape index (κ2) is 8.69. The Labute approximate surface area is 182 Å². The van der Waals surface area contributed by atoms with Crippen molar-refractivity contribution < 1.29 is 19.1 Å². The van der Waals surface area contributed by atoms with Gasteiger partial charge in [0.1, 0.15) is 22.2 Å². The fourth-order valence-corrected chi connectivity index (χ4v) is 3.23. The molecule has 7 nitrogen and oxygen atoms in total. The van der Waals surface area contributed by atoms with Crippen LogP contribution in [0.5, 0.6) is 5.75 Å². The van der Waals surface area contributed by atoms with E-state index >= 15 is 0 Å². The van der Waals surface area contributed by atoms with Gasteiger partial charge in [-0.2, -0.15) is 0 Å². The molecule has 0 spiro atoms. The number of para-hydroxylation sites is 1. The molecular weight excluding hydrogens is 408 g/mol. The molecule has 0 bridgehead atoms. The summed E-state index contributed by atoms with van der Waals surface area (Å²) < 4.78 is 6.28. The molecule has 7 heteroatoms. The molecule has 2 heterocycles. The van der Waals surface area contributed by atoms with E-state index in [9.17, 15) is 19.2 Å². The van der Waals surface area contributed by atoms with Crippen LogP contribution < -0.4 is 21.1 Å². The Morgan fingerprint density at radius 3 is 2.47 bits per heavy atom. The summed E-state index contributed by atoms with van der Waals surface area (Å²) in [4.78, 5) is 52.8. The van der Waals surface area contributed by atoms with E-state index in [-0.39, 0.29) is 33.5 Å². The van der Waals surface area contributed by atoms with E-state index in [1.807, 2.05) is 36.4 Å². The van der Waals surface area contributed by atoms with Crippen LogP contribution in [0.2, 0.25) is 0 Å². The zero-order valence-electron chi connectivity index (χ0n) is 17.1. The standard InChI is InChI=1S/C25H18N2O5/c1-16(28)14-22-26-20(12-7-10-17-8-3-2-4-9-17)24(30)27(22)15-19-23(29)18-11-5-6-13-21(18)32-25(19)31/h2-15,26H,1H3/b10-7-,19-15-,20-12-,22-14-. The van der Waals surface area contributed by atoms with Gasteiger partial charge in [-0.25, -0.2) is 4.79 Å². The Hall–Kier alpha value is -4.52. The predicted molar refractivity (Wildman–Crippen MR) is 120 cm³/mol. The number of esters is 1. The van der Waals surface area contributed by atoms with Crippen molar-refractivity contribution in [1.82, 2.24) is 9.55 Å². The lowest BCUT2D eigenvalue weighted by atomic mass is 10.0. The smallest absolute Gasteiger partial charge is 0.349 e. The summed E-state index contributed by atoms with van der Waals surface area (Å²) in [5.41, 5.74) is 0.462. The number of nitrogens with zero attached hydrogens (tertiary/aromatic N) is 1. The molecule has 3 aromatic rings. The van der Waals surface area contributed by atoms with Crippen LogP contribution in [0, 0.1) is 0 Å². The SMILES string of the molecule is CC(=O)/C=c1/[nH]/c(=C\C=C/c2ccccc2)c(=O)n1/C=C1\C(=O)Oc2ccccc2C1=O. The molecule has 0 amide bonds. The van der Waals surface area contributed by atoms with Crippen LogP contribution in [0.15, 0.2) is 71.0 Å². The molecule has 1 aliphatic rings. The normalized spacial score (nSPS) is 16.0. The molecular formula is C25H18N2O5. The van der Waals surface area contributed by atoms with E-state index in [0.29, 0.717) is 0 Å². The van der Waals surface area contributed by atoms with E-state index < -0.39 is 17.3 Å². The third-order valence-corrected chi connectivity index (χ3v) is 4.72. The minimum atomic E-state index is -0.870. The van der Waals surface area contributed by atoms with Crippen LogP contribution in [0.1, 0.15) is 22.8 Å². The number of imidazole rings is 1. The van der Waals surface area contributed by atoms with Crippen LogP contribution in [-0.2, 0) is 9.59 Å².